The van der Waals surface area contributed by atoms with Crippen LogP contribution < -0.4 is 5.32 Å². The Morgan fingerprint density at radius 2 is 2.24 bits per heavy atom. The van der Waals surface area contributed by atoms with Gasteiger partial charge in [-0.25, -0.2) is 0 Å². The Morgan fingerprint density at radius 1 is 1.35 bits per heavy atom. The zero-order chi connectivity index (χ0) is 11.7. The van der Waals surface area contributed by atoms with Crippen molar-refractivity contribution >= 4 is 5.69 Å². The fraction of sp³-hybridized carbons (Fsp3) is 0.571. The maximum atomic E-state index is 9.44. The van der Waals surface area contributed by atoms with Gasteiger partial charge in [-0.2, -0.15) is 0 Å². The number of rotatable bonds is 3. The average molecular weight is 233 g/mol. The Morgan fingerprint density at radius 3 is 2.94 bits per heavy atom. The van der Waals surface area contributed by atoms with Gasteiger partial charge in [-0.15, -0.1) is 0 Å². The van der Waals surface area contributed by atoms with Crippen LogP contribution >= 0.6 is 0 Å². The summed E-state index contributed by atoms with van der Waals surface area (Å²) in [6.07, 6.45) is 3.31. The fourth-order valence-electron chi connectivity index (χ4n) is 2.71. The quantitative estimate of drug-likeness (QED) is 0.833. The third-order valence-corrected chi connectivity index (χ3v) is 3.84. The average Bonchev–Trinajstić information content (AvgIpc) is 2.34. The molecule has 2 heterocycles. The van der Waals surface area contributed by atoms with E-state index in [9.17, 15) is 5.11 Å². The van der Waals surface area contributed by atoms with E-state index in [4.69, 9.17) is 4.74 Å². The molecule has 0 bridgehead atoms. The van der Waals surface area contributed by atoms with Crippen molar-refractivity contribution in [1.29, 1.82) is 0 Å². The standard InChI is InChI=1S/C14H19NO2/c16-8-14(9-17-10-14)7-11-3-4-13-12(6-11)2-1-5-15-13/h3-4,6,15-16H,1-2,5,7-10H2. The van der Waals surface area contributed by atoms with Crippen molar-refractivity contribution < 1.29 is 9.84 Å². The third kappa shape index (κ3) is 2.05. The smallest absolute Gasteiger partial charge is 0.0570 e. The Balaban J connectivity index is 1.79. The van der Waals surface area contributed by atoms with Crippen molar-refractivity contribution in [2.24, 2.45) is 5.41 Å². The van der Waals surface area contributed by atoms with E-state index >= 15 is 0 Å². The predicted molar refractivity (Wildman–Crippen MR) is 67.3 cm³/mol. The number of fused-ring (bicyclic) bond motifs is 1. The normalized spacial score (nSPS) is 21.2. The third-order valence-electron chi connectivity index (χ3n) is 3.84. The fourth-order valence-corrected chi connectivity index (χ4v) is 2.71. The van der Waals surface area contributed by atoms with Crippen LogP contribution in [0.25, 0.3) is 0 Å². The Kier molecular flexibility index (Phi) is 2.81. The molecule has 1 aromatic rings. The molecule has 2 aliphatic rings. The van der Waals surface area contributed by atoms with Crippen LogP contribution in [-0.2, 0) is 17.6 Å². The molecular weight excluding hydrogens is 214 g/mol. The summed E-state index contributed by atoms with van der Waals surface area (Å²) in [5, 5.41) is 12.9. The molecule has 0 unspecified atom stereocenters. The lowest BCUT2D eigenvalue weighted by molar-refractivity contribution is -0.136. The molecule has 2 N–H and O–H groups in total. The minimum atomic E-state index is -0.0175. The van der Waals surface area contributed by atoms with Gasteiger partial charge in [0.25, 0.3) is 0 Å². The van der Waals surface area contributed by atoms with Crippen LogP contribution in [0.15, 0.2) is 18.2 Å². The van der Waals surface area contributed by atoms with Crippen LogP contribution in [0, 0.1) is 5.41 Å². The van der Waals surface area contributed by atoms with Gasteiger partial charge in [0, 0.05) is 17.6 Å². The predicted octanol–water partition coefficient (Wildman–Crippen LogP) is 1.60. The van der Waals surface area contributed by atoms with Gasteiger partial charge in [0.1, 0.15) is 0 Å². The number of ether oxygens (including phenoxy) is 1. The van der Waals surface area contributed by atoms with Gasteiger partial charge in [0.05, 0.1) is 19.8 Å². The first-order chi connectivity index (χ1) is 8.31. The molecule has 2 aliphatic heterocycles. The molecule has 3 rings (SSSR count). The van der Waals surface area contributed by atoms with Gasteiger partial charge >= 0.3 is 0 Å². The summed E-state index contributed by atoms with van der Waals surface area (Å²) in [4.78, 5) is 0. The molecule has 92 valence electrons. The molecule has 0 spiro atoms. The number of aryl methyl sites for hydroxylation is 1. The topological polar surface area (TPSA) is 41.5 Å². The van der Waals surface area contributed by atoms with Gasteiger partial charge < -0.3 is 15.2 Å². The summed E-state index contributed by atoms with van der Waals surface area (Å²) >= 11 is 0. The molecule has 3 heteroatoms. The van der Waals surface area contributed by atoms with Crippen LogP contribution in [0.4, 0.5) is 5.69 Å². The van der Waals surface area contributed by atoms with Crippen molar-refractivity contribution in [3.05, 3.63) is 29.3 Å². The molecule has 0 atom stereocenters. The van der Waals surface area contributed by atoms with Crippen molar-refractivity contribution in [3.8, 4) is 0 Å². The Labute approximate surface area is 102 Å². The lowest BCUT2D eigenvalue weighted by atomic mass is 9.80. The van der Waals surface area contributed by atoms with Crippen LogP contribution in [0.2, 0.25) is 0 Å². The Bertz CT molecular complexity index is 407. The lowest BCUT2D eigenvalue weighted by Gasteiger charge is -2.40. The van der Waals surface area contributed by atoms with Gasteiger partial charge in [-0.05, 0) is 36.5 Å². The largest absolute Gasteiger partial charge is 0.396 e. The molecule has 0 radical (unpaired) electrons. The molecule has 1 saturated heterocycles. The van der Waals surface area contributed by atoms with E-state index in [2.05, 4.69) is 23.5 Å². The monoisotopic (exact) mass is 233 g/mol. The second kappa shape index (κ2) is 4.31. The van der Waals surface area contributed by atoms with Gasteiger partial charge in [-0.3, -0.25) is 0 Å². The molecule has 0 saturated carbocycles. The van der Waals surface area contributed by atoms with Crippen LogP contribution in [0.3, 0.4) is 0 Å². The molecule has 0 aliphatic carbocycles. The van der Waals surface area contributed by atoms with Gasteiger partial charge in [0.2, 0.25) is 0 Å². The highest BCUT2D eigenvalue weighted by Gasteiger charge is 2.38. The molecule has 0 aromatic heterocycles. The molecule has 3 nitrogen and oxygen atoms in total. The zero-order valence-electron chi connectivity index (χ0n) is 10.0. The first kappa shape index (κ1) is 11.1. The van der Waals surface area contributed by atoms with Crippen molar-refractivity contribution in [3.63, 3.8) is 0 Å². The molecular formula is C14H19NO2. The molecule has 1 aromatic carbocycles. The molecule has 1 fully saturated rings. The molecule has 17 heavy (non-hydrogen) atoms. The van der Waals surface area contributed by atoms with Crippen molar-refractivity contribution in [2.75, 3.05) is 31.7 Å². The number of hydrogen-bond acceptors (Lipinski definition) is 3. The maximum Gasteiger partial charge on any atom is 0.0570 e. The van der Waals surface area contributed by atoms with Gasteiger partial charge in [-0.1, -0.05) is 12.1 Å². The summed E-state index contributed by atoms with van der Waals surface area (Å²) < 4.78 is 5.24. The van der Waals surface area contributed by atoms with Crippen molar-refractivity contribution in [2.45, 2.75) is 19.3 Å². The van der Waals surface area contributed by atoms with Crippen LogP contribution in [0.1, 0.15) is 17.5 Å². The van der Waals surface area contributed by atoms with E-state index in [1.54, 1.807) is 0 Å². The highest BCUT2D eigenvalue weighted by Crippen LogP contribution is 2.32. The minimum Gasteiger partial charge on any atom is -0.396 e. The number of aliphatic hydroxyl groups excluding tert-OH is 1. The minimum absolute atomic E-state index is 0.0175. The highest BCUT2D eigenvalue weighted by molar-refractivity contribution is 5.54. The highest BCUT2D eigenvalue weighted by atomic mass is 16.5. The molecule has 0 amide bonds. The number of nitrogens with one attached hydrogen (secondary N) is 1. The van der Waals surface area contributed by atoms with Crippen molar-refractivity contribution in [1.82, 2.24) is 0 Å². The van der Waals surface area contributed by atoms with E-state index in [0.717, 1.165) is 13.0 Å². The summed E-state index contributed by atoms with van der Waals surface area (Å²) in [6.45, 7) is 2.70. The summed E-state index contributed by atoms with van der Waals surface area (Å²) in [7, 11) is 0. The Hall–Kier alpha value is -1.06. The van der Waals surface area contributed by atoms with Crippen LogP contribution in [0.5, 0.6) is 0 Å². The number of benzene rings is 1. The van der Waals surface area contributed by atoms with E-state index in [0.29, 0.717) is 13.2 Å². The van der Waals surface area contributed by atoms with E-state index in [-0.39, 0.29) is 12.0 Å². The van der Waals surface area contributed by atoms with Crippen LogP contribution in [-0.4, -0.2) is 31.5 Å². The van der Waals surface area contributed by atoms with E-state index in [1.807, 2.05) is 0 Å². The van der Waals surface area contributed by atoms with Gasteiger partial charge in [0.15, 0.2) is 0 Å². The second-order valence-corrected chi connectivity index (χ2v) is 5.35. The van der Waals surface area contributed by atoms with E-state index < -0.39 is 0 Å². The number of hydrogen-bond donors (Lipinski definition) is 2. The summed E-state index contributed by atoms with van der Waals surface area (Å²) in [6, 6.07) is 6.64. The first-order valence-corrected chi connectivity index (χ1v) is 6.36. The maximum absolute atomic E-state index is 9.44. The number of anilines is 1. The second-order valence-electron chi connectivity index (χ2n) is 5.35. The lowest BCUT2D eigenvalue weighted by Crippen LogP contribution is -2.47. The SMILES string of the molecule is OCC1(Cc2ccc3c(c2)CCCN3)COC1. The summed E-state index contributed by atoms with van der Waals surface area (Å²) in [5.41, 5.74) is 4.01. The van der Waals surface area contributed by atoms with E-state index in [1.165, 1.54) is 29.7 Å². The number of aliphatic hydroxyl groups is 1. The first-order valence-electron chi connectivity index (χ1n) is 6.36. The summed E-state index contributed by atoms with van der Waals surface area (Å²) in [5.74, 6) is 0. The zero-order valence-corrected chi connectivity index (χ0v) is 10.0.